The fraction of sp³-hybridized carbons (Fsp3) is 0.222. The van der Waals surface area contributed by atoms with Crippen LogP contribution in [0.5, 0.6) is 0 Å². The maximum Gasteiger partial charge on any atom is 0.341 e. The van der Waals surface area contributed by atoms with Crippen molar-refractivity contribution in [2.45, 2.75) is 0 Å². The Balaban J connectivity index is 2.08. The quantitative estimate of drug-likeness (QED) is 0.283. The molecule has 154 valence electrons. The van der Waals surface area contributed by atoms with Gasteiger partial charge >= 0.3 is 5.97 Å². The van der Waals surface area contributed by atoms with Crippen LogP contribution in [-0.4, -0.2) is 43.7 Å². The number of non-ortho nitro benzene ring substituents is 1. The Morgan fingerprint density at radius 3 is 2.59 bits per heavy atom. The maximum absolute atomic E-state index is 13.5. The lowest BCUT2D eigenvalue weighted by atomic mass is 10.1. The zero-order valence-corrected chi connectivity index (χ0v) is 15.2. The van der Waals surface area contributed by atoms with Gasteiger partial charge in [-0.05, 0) is 18.2 Å². The number of carbonyl (C=O) groups excluding carboxylic acids is 2. The number of nitrogens with zero attached hydrogens (tertiary/aromatic N) is 1. The fourth-order valence-corrected chi connectivity index (χ4v) is 2.25. The average molecular weight is 409 g/mol. The molecule has 2 N–H and O–H groups in total. The van der Waals surface area contributed by atoms with Gasteiger partial charge in [0.25, 0.3) is 11.6 Å². The summed E-state index contributed by atoms with van der Waals surface area (Å²) in [6.07, 6.45) is 0. The van der Waals surface area contributed by atoms with E-state index in [0.717, 1.165) is 24.3 Å². The fourth-order valence-electron chi connectivity index (χ4n) is 2.25. The first kappa shape index (κ1) is 21.7. The Bertz CT molecular complexity index is 922. The molecule has 0 aliphatic heterocycles. The van der Waals surface area contributed by atoms with Crippen LogP contribution in [0.1, 0.15) is 10.4 Å². The van der Waals surface area contributed by atoms with Gasteiger partial charge < -0.3 is 20.1 Å². The lowest BCUT2D eigenvalue weighted by Crippen LogP contribution is -2.22. The van der Waals surface area contributed by atoms with Crippen molar-refractivity contribution in [3.05, 3.63) is 63.7 Å². The predicted octanol–water partition coefficient (Wildman–Crippen LogP) is 2.73. The molecule has 9 nitrogen and oxygen atoms in total. The number of ether oxygens (including phenoxy) is 2. The first-order valence-corrected chi connectivity index (χ1v) is 8.25. The smallest absolute Gasteiger partial charge is 0.341 e. The number of esters is 1. The van der Waals surface area contributed by atoms with Gasteiger partial charge in [0.1, 0.15) is 11.6 Å². The maximum atomic E-state index is 13.5. The van der Waals surface area contributed by atoms with E-state index in [1.54, 1.807) is 0 Å². The third-order valence-electron chi connectivity index (χ3n) is 3.59. The summed E-state index contributed by atoms with van der Waals surface area (Å²) in [6, 6.07) is 6.01. The lowest BCUT2D eigenvalue weighted by molar-refractivity contribution is -0.384. The van der Waals surface area contributed by atoms with E-state index >= 15 is 0 Å². The number of amides is 1. The van der Waals surface area contributed by atoms with Gasteiger partial charge in [-0.2, -0.15) is 0 Å². The molecular formula is C18H17F2N3O6. The Labute approximate surface area is 163 Å². The number of halogens is 2. The summed E-state index contributed by atoms with van der Waals surface area (Å²) < 4.78 is 36.4. The summed E-state index contributed by atoms with van der Waals surface area (Å²) >= 11 is 0. The van der Waals surface area contributed by atoms with Gasteiger partial charge in [-0.1, -0.05) is 0 Å². The minimum atomic E-state index is -1.01. The van der Waals surface area contributed by atoms with E-state index < -0.39 is 40.7 Å². The SMILES string of the molecule is COCCNc1ccc([N+](=O)[O-])cc1C(=O)OCC(=O)Nc1cc(F)ccc1F. The summed E-state index contributed by atoms with van der Waals surface area (Å²) in [6.45, 7) is -0.185. The molecule has 0 radical (unpaired) electrons. The van der Waals surface area contributed by atoms with Crippen LogP contribution < -0.4 is 10.6 Å². The zero-order chi connectivity index (χ0) is 21.4. The van der Waals surface area contributed by atoms with Gasteiger partial charge in [0.2, 0.25) is 0 Å². The molecule has 29 heavy (non-hydrogen) atoms. The normalized spacial score (nSPS) is 10.3. The molecule has 0 aromatic heterocycles. The van der Waals surface area contributed by atoms with E-state index in [1.165, 1.54) is 19.2 Å². The number of benzene rings is 2. The Hall–Kier alpha value is -3.60. The predicted molar refractivity (Wildman–Crippen MR) is 98.7 cm³/mol. The largest absolute Gasteiger partial charge is 0.452 e. The molecule has 2 rings (SSSR count). The van der Waals surface area contributed by atoms with Crippen molar-refractivity contribution in [1.29, 1.82) is 0 Å². The first-order chi connectivity index (χ1) is 13.8. The molecule has 0 heterocycles. The summed E-state index contributed by atoms with van der Waals surface area (Å²) in [4.78, 5) is 34.5. The number of rotatable bonds is 9. The van der Waals surface area contributed by atoms with Gasteiger partial charge in [-0.15, -0.1) is 0 Å². The Morgan fingerprint density at radius 1 is 1.14 bits per heavy atom. The van der Waals surface area contributed by atoms with Crippen molar-refractivity contribution in [2.75, 3.05) is 37.5 Å². The van der Waals surface area contributed by atoms with Crippen LogP contribution in [-0.2, 0) is 14.3 Å². The van der Waals surface area contributed by atoms with Gasteiger partial charge in [-0.25, -0.2) is 13.6 Å². The number of nitrogens with one attached hydrogen (secondary N) is 2. The average Bonchev–Trinajstić information content (AvgIpc) is 2.69. The number of anilines is 2. The number of carbonyl (C=O) groups is 2. The second kappa shape index (κ2) is 10.1. The molecular weight excluding hydrogens is 392 g/mol. The summed E-state index contributed by atoms with van der Waals surface area (Å²) in [5.41, 5.74) is -0.682. The molecule has 0 bridgehead atoms. The van der Waals surface area contributed by atoms with Gasteiger partial charge in [0.05, 0.1) is 22.8 Å². The minimum Gasteiger partial charge on any atom is -0.452 e. The Kier molecular flexibility index (Phi) is 7.54. The van der Waals surface area contributed by atoms with E-state index in [1.807, 2.05) is 0 Å². The monoisotopic (exact) mass is 409 g/mol. The number of methoxy groups -OCH3 is 1. The van der Waals surface area contributed by atoms with E-state index in [-0.39, 0.29) is 16.9 Å². The molecule has 0 spiro atoms. The van der Waals surface area contributed by atoms with E-state index in [0.29, 0.717) is 13.2 Å². The van der Waals surface area contributed by atoms with E-state index in [9.17, 15) is 28.5 Å². The van der Waals surface area contributed by atoms with Crippen LogP contribution in [0, 0.1) is 21.7 Å². The summed E-state index contributed by atoms with van der Waals surface area (Å²) in [7, 11) is 1.48. The molecule has 0 aliphatic rings. The van der Waals surface area contributed by atoms with Crippen LogP contribution >= 0.6 is 0 Å². The molecule has 2 aromatic rings. The second-order valence-corrected chi connectivity index (χ2v) is 5.66. The van der Waals surface area contributed by atoms with E-state index in [4.69, 9.17) is 9.47 Å². The highest BCUT2D eigenvalue weighted by Crippen LogP contribution is 2.23. The van der Waals surface area contributed by atoms with Crippen molar-refractivity contribution in [3.8, 4) is 0 Å². The number of hydrogen-bond acceptors (Lipinski definition) is 7. The lowest BCUT2D eigenvalue weighted by Gasteiger charge is -2.12. The van der Waals surface area contributed by atoms with Crippen molar-refractivity contribution in [3.63, 3.8) is 0 Å². The molecule has 0 atom stereocenters. The second-order valence-electron chi connectivity index (χ2n) is 5.66. The topological polar surface area (TPSA) is 120 Å². The van der Waals surface area contributed by atoms with Crippen LogP contribution in [0.3, 0.4) is 0 Å². The molecule has 0 fully saturated rings. The van der Waals surface area contributed by atoms with E-state index in [2.05, 4.69) is 10.6 Å². The highest BCUT2D eigenvalue weighted by molar-refractivity contribution is 5.99. The summed E-state index contributed by atoms with van der Waals surface area (Å²) in [5, 5.41) is 15.9. The number of hydrogen-bond donors (Lipinski definition) is 2. The molecule has 0 saturated heterocycles. The van der Waals surface area contributed by atoms with Crippen LogP contribution in [0.4, 0.5) is 25.8 Å². The standard InChI is InChI=1S/C18H17F2N3O6/c1-28-7-6-21-15-5-3-12(23(26)27)9-13(15)18(25)29-10-17(24)22-16-8-11(19)2-4-14(16)20/h2-5,8-9,21H,6-7,10H2,1H3,(H,22,24). The highest BCUT2D eigenvalue weighted by Gasteiger charge is 2.19. The van der Waals surface area contributed by atoms with Crippen LogP contribution in [0.25, 0.3) is 0 Å². The summed E-state index contributed by atoms with van der Waals surface area (Å²) in [5.74, 6) is -3.55. The molecule has 2 aromatic carbocycles. The Morgan fingerprint density at radius 2 is 1.90 bits per heavy atom. The molecule has 0 aliphatic carbocycles. The van der Waals surface area contributed by atoms with Gasteiger partial charge in [0.15, 0.2) is 6.61 Å². The molecule has 11 heteroatoms. The number of nitro groups is 1. The molecule has 0 saturated carbocycles. The van der Waals surface area contributed by atoms with Gasteiger partial charge in [-0.3, -0.25) is 14.9 Å². The first-order valence-electron chi connectivity index (χ1n) is 8.25. The van der Waals surface area contributed by atoms with Crippen LogP contribution in [0.2, 0.25) is 0 Å². The number of nitro benzene ring substituents is 1. The zero-order valence-electron chi connectivity index (χ0n) is 15.2. The van der Waals surface area contributed by atoms with Crippen molar-refractivity contribution in [2.24, 2.45) is 0 Å². The third-order valence-corrected chi connectivity index (χ3v) is 3.59. The highest BCUT2D eigenvalue weighted by atomic mass is 19.1. The van der Waals surface area contributed by atoms with Gasteiger partial charge in [0, 0.05) is 37.5 Å². The third kappa shape index (κ3) is 6.21. The van der Waals surface area contributed by atoms with Crippen LogP contribution in [0.15, 0.2) is 36.4 Å². The van der Waals surface area contributed by atoms with Crippen molar-refractivity contribution < 1.29 is 32.8 Å². The minimum absolute atomic E-state index is 0.167. The molecule has 0 unspecified atom stereocenters. The van der Waals surface area contributed by atoms with Crippen molar-refractivity contribution in [1.82, 2.24) is 0 Å². The van der Waals surface area contributed by atoms with Crippen molar-refractivity contribution >= 4 is 28.9 Å². The molecule has 1 amide bonds.